The van der Waals surface area contributed by atoms with Gasteiger partial charge in [0.1, 0.15) is 6.04 Å². The zero-order chi connectivity index (χ0) is 19.8. The maximum atomic E-state index is 12.8. The molecule has 8 heteroatoms. The van der Waals surface area contributed by atoms with Gasteiger partial charge in [0.25, 0.3) is 5.91 Å². The first-order valence-electron chi connectivity index (χ1n) is 9.16. The van der Waals surface area contributed by atoms with Crippen molar-refractivity contribution in [2.24, 2.45) is 0 Å². The molecule has 2 aliphatic heterocycles. The number of amides is 3. The Balaban J connectivity index is 1.59. The van der Waals surface area contributed by atoms with Gasteiger partial charge < -0.3 is 9.80 Å². The molecular weight excluding hydrogens is 358 g/mol. The van der Waals surface area contributed by atoms with Crippen molar-refractivity contribution in [3.63, 3.8) is 0 Å². The molecule has 1 N–H and O–H groups in total. The number of fused-ring (bicyclic) bond motifs is 1. The number of nitrogens with zero attached hydrogens (tertiary/aromatic N) is 4. The first-order chi connectivity index (χ1) is 13.4. The standard InChI is InChI=1S/C20H21N5O3/c1-24(2)10-12-7-16(23-21-9-12)13-3-4-15-14(8-13)11-25(20(15)28)17-5-6-18(26)22-19(17)27/h3-4,7-9,17H,5-6,10-11H2,1-2H3,(H,22,26,27). The monoisotopic (exact) mass is 379 g/mol. The highest BCUT2D eigenvalue weighted by Gasteiger charge is 2.39. The maximum Gasteiger partial charge on any atom is 0.255 e. The molecule has 28 heavy (non-hydrogen) atoms. The summed E-state index contributed by atoms with van der Waals surface area (Å²) in [6, 6.07) is 6.95. The molecule has 1 fully saturated rings. The molecule has 3 amide bonds. The van der Waals surface area contributed by atoms with Crippen LogP contribution in [-0.2, 0) is 22.7 Å². The molecule has 3 heterocycles. The Morgan fingerprint density at radius 1 is 1.21 bits per heavy atom. The summed E-state index contributed by atoms with van der Waals surface area (Å²) in [7, 11) is 3.98. The van der Waals surface area contributed by atoms with Gasteiger partial charge in [-0.3, -0.25) is 19.7 Å². The van der Waals surface area contributed by atoms with Crippen LogP contribution in [0.15, 0.2) is 30.5 Å². The largest absolute Gasteiger partial charge is 0.322 e. The number of nitrogens with one attached hydrogen (secondary N) is 1. The molecule has 0 saturated carbocycles. The molecule has 0 bridgehead atoms. The summed E-state index contributed by atoms with van der Waals surface area (Å²) >= 11 is 0. The number of rotatable bonds is 4. The average Bonchev–Trinajstić information content (AvgIpc) is 2.97. The number of benzene rings is 1. The van der Waals surface area contributed by atoms with E-state index in [-0.39, 0.29) is 18.2 Å². The second-order valence-corrected chi connectivity index (χ2v) is 7.46. The minimum Gasteiger partial charge on any atom is -0.322 e. The summed E-state index contributed by atoms with van der Waals surface area (Å²) < 4.78 is 0. The summed E-state index contributed by atoms with van der Waals surface area (Å²) in [6.07, 6.45) is 2.34. The van der Waals surface area contributed by atoms with Crippen molar-refractivity contribution >= 4 is 17.7 Å². The third kappa shape index (κ3) is 3.38. The quantitative estimate of drug-likeness (QED) is 0.796. The van der Waals surface area contributed by atoms with Gasteiger partial charge in [0.2, 0.25) is 11.8 Å². The highest BCUT2D eigenvalue weighted by Crippen LogP contribution is 2.30. The molecule has 1 atom stereocenters. The van der Waals surface area contributed by atoms with E-state index in [0.717, 1.165) is 28.9 Å². The van der Waals surface area contributed by atoms with Crippen molar-refractivity contribution in [3.8, 4) is 11.3 Å². The lowest BCUT2D eigenvalue weighted by molar-refractivity contribution is -0.136. The highest BCUT2D eigenvalue weighted by atomic mass is 16.2. The zero-order valence-corrected chi connectivity index (χ0v) is 15.8. The van der Waals surface area contributed by atoms with Gasteiger partial charge in [-0.25, -0.2) is 0 Å². The van der Waals surface area contributed by atoms with Crippen LogP contribution < -0.4 is 5.32 Å². The van der Waals surface area contributed by atoms with Crippen molar-refractivity contribution < 1.29 is 14.4 Å². The molecule has 4 rings (SSSR count). The molecular formula is C20H21N5O3. The summed E-state index contributed by atoms with van der Waals surface area (Å²) in [5.41, 5.74) is 4.12. The first-order valence-corrected chi connectivity index (χ1v) is 9.16. The Hall–Kier alpha value is -3.13. The van der Waals surface area contributed by atoms with Gasteiger partial charge in [-0.05, 0) is 49.8 Å². The molecule has 2 aromatic rings. The molecule has 1 aromatic carbocycles. The maximum absolute atomic E-state index is 12.8. The first kappa shape index (κ1) is 18.2. The predicted octanol–water partition coefficient (Wildman–Crippen LogP) is 0.966. The molecule has 1 aromatic heterocycles. The molecule has 1 unspecified atom stereocenters. The van der Waals surface area contributed by atoms with Crippen LogP contribution in [0.5, 0.6) is 0 Å². The van der Waals surface area contributed by atoms with Gasteiger partial charge >= 0.3 is 0 Å². The van der Waals surface area contributed by atoms with Crippen LogP contribution in [0.3, 0.4) is 0 Å². The lowest BCUT2D eigenvalue weighted by Gasteiger charge is -2.29. The fraction of sp³-hybridized carbons (Fsp3) is 0.350. The number of carbonyl (C=O) groups is 3. The Morgan fingerprint density at radius 3 is 2.79 bits per heavy atom. The van der Waals surface area contributed by atoms with E-state index in [0.29, 0.717) is 18.5 Å². The van der Waals surface area contributed by atoms with Crippen LogP contribution in [0.25, 0.3) is 11.3 Å². The van der Waals surface area contributed by atoms with Crippen molar-refractivity contribution in [1.82, 2.24) is 25.3 Å². The van der Waals surface area contributed by atoms with Crippen LogP contribution in [0, 0.1) is 0 Å². The average molecular weight is 379 g/mol. The minimum atomic E-state index is -0.607. The highest BCUT2D eigenvalue weighted by molar-refractivity contribution is 6.05. The van der Waals surface area contributed by atoms with E-state index in [1.54, 1.807) is 17.2 Å². The van der Waals surface area contributed by atoms with Gasteiger partial charge in [0.15, 0.2) is 0 Å². The van der Waals surface area contributed by atoms with Crippen LogP contribution in [-0.4, -0.2) is 57.9 Å². The number of hydrogen-bond donors (Lipinski definition) is 1. The van der Waals surface area contributed by atoms with Crippen LogP contribution in [0.4, 0.5) is 0 Å². The van der Waals surface area contributed by atoms with Gasteiger partial charge in [0.05, 0.1) is 11.9 Å². The zero-order valence-electron chi connectivity index (χ0n) is 15.8. The van der Waals surface area contributed by atoms with E-state index in [1.165, 1.54) is 0 Å². The Morgan fingerprint density at radius 2 is 2.04 bits per heavy atom. The number of piperidine rings is 1. The minimum absolute atomic E-state index is 0.177. The molecule has 144 valence electrons. The van der Waals surface area contributed by atoms with Crippen LogP contribution in [0.2, 0.25) is 0 Å². The molecule has 1 saturated heterocycles. The van der Waals surface area contributed by atoms with Crippen molar-refractivity contribution in [3.05, 3.63) is 47.2 Å². The van der Waals surface area contributed by atoms with Gasteiger partial charge in [-0.15, -0.1) is 0 Å². The molecule has 2 aliphatic rings. The van der Waals surface area contributed by atoms with Crippen LogP contribution in [0.1, 0.15) is 34.3 Å². The van der Waals surface area contributed by atoms with E-state index < -0.39 is 11.9 Å². The summed E-state index contributed by atoms with van der Waals surface area (Å²) in [6.45, 7) is 1.11. The fourth-order valence-corrected chi connectivity index (χ4v) is 3.73. The fourth-order valence-electron chi connectivity index (χ4n) is 3.73. The van der Waals surface area contributed by atoms with Gasteiger partial charge in [0, 0.05) is 30.6 Å². The summed E-state index contributed by atoms with van der Waals surface area (Å²) in [5.74, 6) is -0.868. The lowest BCUT2D eigenvalue weighted by atomic mass is 10.0. The summed E-state index contributed by atoms with van der Waals surface area (Å²) in [4.78, 5) is 39.9. The SMILES string of the molecule is CN(C)Cc1cnnc(-c2ccc3c(c2)CN(C2CCC(=O)NC2=O)C3=O)c1. The smallest absolute Gasteiger partial charge is 0.255 e. The van der Waals surface area contributed by atoms with Gasteiger partial charge in [-0.1, -0.05) is 6.07 Å². The third-order valence-corrected chi connectivity index (χ3v) is 5.03. The van der Waals surface area contributed by atoms with E-state index in [9.17, 15) is 14.4 Å². The Bertz CT molecular complexity index is 972. The topological polar surface area (TPSA) is 95.5 Å². The number of aromatic nitrogens is 2. The Kier molecular flexibility index (Phi) is 4.64. The Labute approximate surface area is 162 Å². The van der Waals surface area contributed by atoms with E-state index >= 15 is 0 Å². The van der Waals surface area contributed by atoms with Gasteiger partial charge in [-0.2, -0.15) is 10.2 Å². The van der Waals surface area contributed by atoms with Crippen molar-refractivity contribution in [2.45, 2.75) is 32.0 Å². The number of imide groups is 1. The van der Waals surface area contributed by atoms with Crippen molar-refractivity contribution in [1.29, 1.82) is 0 Å². The summed E-state index contributed by atoms with van der Waals surface area (Å²) in [5, 5.41) is 10.6. The molecule has 0 aliphatic carbocycles. The van der Waals surface area contributed by atoms with Crippen molar-refractivity contribution in [2.75, 3.05) is 14.1 Å². The van der Waals surface area contributed by atoms with E-state index in [2.05, 4.69) is 20.4 Å². The van der Waals surface area contributed by atoms with Crippen LogP contribution >= 0.6 is 0 Å². The van der Waals surface area contributed by atoms with E-state index in [1.807, 2.05) is 32.3 Å². The predicted molar refractivity (Wildman–Crippen MR) is 101 cm³/mol. The second-order valence-electron chi connectivity index (χ2n) is 7.46. The second kappa shape index (κ2) is 7.12. The lowest BCUT2D eigenvalue weighted by Crippen LogP contribution is -2.52. The number of carbonyl (C=O) groups excluding carboxylic acids is 3. The normalized spacial score (nSPS) is 19.2. The number of hydrogen-bond acceptors (Lipinski definition) is 6. The molecule has 0 radical (unpaired) electrons. The van der Waals surface area contributed by atoms with E-state index in [4.69, 9.17) is 0 Å². The molecule has 8 nitrogen and oxygen atoms in total. The molecule has 0 spiro atoms. The third-order valence-electron chi connectivity index (χ3n) is 5.03.